The second kappa shape index (κ2) is 7.52. The lowest BCUT2D eigenvalue weighted by atomic mass is 10.2. The highest BCUT2D eigenvalue weighted by atomic mass is 32.2. The number of aryl methyl sites for hydroxylation is 1. The highest BCUT2D eigenvalue weighted by Crippen LogP contribution is 2.25. The maximum Gasteiger partial charge on any atom is 0.237 e. The SMILES string of the molecule is C=CCn1c(C)nnc1S[C@H](C)C(=O)Nc1ccc(F)c(F)c1F. The Labute approximate surface area is 141 Å². The Bertz CT molecular complexity index is 778. The molecule has 128 valence electrons. The first-order chi connectivity index (χ1) is 11.3. The van der Waals surface area contributed by atoms with Crippen LogP contribution in [0.15, 0.2) is 29.9 Å². The lowest BCUT2D eigenvalue weighted by Crippen LogP contribution is -2.24. The van der Waals surface area contributed by atoms with E-state index in [9.17, 15) is 18.0 Å². The van der Waals surface area contributed by atoms with Gasteiger partial charge in [-0.25, -0.2) is 13.2 Å². The molecule has 1 amide bonds. The Hall–Kier alpha value is -2.29. The number of rotatable bonds is 6. The van der Waals surface area contributed by atoms with E-state index in [2.05, 4.69) is 22.1 Å². The van der Waals surface area contributed by atoms with Crippen LogP contribution in [0.2, 0.25) is 0 Å². The van der Waals surface area contributed by atoms with Crippen LogP contribution in [0, 0.1) is 24.4 Å². The molecule has 1 aromatic carbocycles. The highest BCUT2D eigenvalue weighted by Gasteiger charge is 2.21. The molecule has 24 heavy (non-hydrogen) atoms. The fourth-order valence-corrected chi connectivity index (χ4v) is 2.76. The summed E-state index contributed by atoms with van der Waals surface area (Å²) in [6.07, 6.45) is 1.67. The molecule has 0 saturated carbocycles. The molecule has 0 aliphatic carbocycles. The number of nitrogens with one attached hydrogen (secondary N) is 1. The molecule has 1 atom stereocenters. The predicted octanol–water partition coefficient (Wildman–Crippen LogP) is 3.31. The Morgan fingerprint density at radius 2 is 2.08 bits per heavy atom. The number of anilines is 1. The van der Waals surface area contributed by atoms with Gasteiger partial charge in [-0.2, -0.15) is 0 Å². The quantitative estimate of drug-likeness (QED) is 0.490. The van der Waals surface area contributed by atoms with E-state index in [4.69, 9.17) is 0 Å². The number of hydrogen-bond acceptors (Lipinski definition) is 4. The summed E-state index contributed by atoms with van der Waals surface area (Å²) >= 11 is 1.11. The van der Waals surface area contributed by atoms with Crippen molar-refractivity contribution in [3.05, 3.63) is 48.1 Å². The van der Waals surface area contributed by atoms with Gasteiger partial charge < -0.3 is 9.88 Å². The van der Waals surface area contributed by atoms with Gasteiger partial charge >= 0.3 is 0 Å². The van der Waals surface area contributed by atoms with E-state index in [1.165, 1.54) is 0 Å². The third-order valence-electron chi connectivity index (χ3n) is 3.16. The Kier molecular flexibility index (Phi) is 5.66. The third kappa shape index (κ3) is 3.78. The van der Waals surface area contributed by atoms with Gasteiger partial charge in [-0.1, -0.05) is 17.8 Å². The molecule has 0 bridgehead atoms. The van der Waals surface area contributed by atoms with E-state index in [1.807, 2.05) is 0 Å². The molecule has 5 nitrogen and oxygen atoms in total. The summed E-state index contributed by atoms with van der Waals surface area (Å²) < 4.78 is 41.5. The molecule has 1 aromatic heterocycles. The van der Waals surface area contributed by atoms with E-state index in [0.717, 1.165) is 23.9 Å². The summed E-state index contributed by atoms with van der Waals surface area (Å²) in [4.78, 5) is 12.1. The number of hydrogen-bond donors (Lipinski definition) is 1. The third-order valence-corrected chi connectivity index (χ3v) is 4.24. The first kappa shape index (κ1) is 18.1. The van der Waals surface area contributed by atoms with Gasteiger partial charge in [-0.15, -0.1) is 16.8 Å². The van der Waals surface area contributed by atoms with E-state index in [-0.39, 0.29) is 0 Å². The average Bonchev–Trinajstić information content (AvgIpc) is 2.89. The molecule has 2 rings (SSSR count). The molecule has 0 fully saturated rings. The molecule has 0 spiro atoms. The van der Waals surface area contributed by atoms with Crippen molar-refractivity contribution in [1.29, 1.82) is 0 Å². The summed E-state index contributed by atoms with van der Waals surface area (Å²) in [6.45, 7) is 7.47. The van der Waals surface area contributed by atoms with E-state index in [1.54, 1.807) is 24.5 Å². The van der Waals surface area contributed by atoms with Gasteiger partial charge in [0.25, 0.3) is 0 Å². The van der Waals surface area contributed by atoms with Crippen LogP contribution in [-0.4, -0.2) is 25.9 Å². The fourth-order valence-electron chi connectivity index (χ4n) is 1.86. The molecule has 2 aromatic rings. The maximum atomic E-state index is 13.6. The molecular formula is C15H15F3N4OS. The molecule has 1 heterocycles. The number of thioether (sulfide) groups is 1. The lowest BCUT2D eigenvalue weighted by Gasteiger charge is -2.13. The van der Waals surface area contributed by atoms with Crippen LogP contribution >= 0.6 is 11.8 Å². The molecule has 0 aliphatic rings. The molecule has 0 unspecified atom stereocenters. The van der Waals surface area contributed by atoms with E-state index < -0.39 is 34.3 Å². The number of aromatic nitrogens is 3. The number of amides is 1. The minimum absolute atomic E-state index is 0.421. The standard InChI is InChI=1S/C15H15F3N4OS/c1-4-7-22-9(3)20-21-15(22)24-8(2)14(23)19-11-6-5-10(16)12(17)13(11)18/h4-6,8H,1,7H2,2-3H3,(H,19,23)/t8-/m1/s1. The van der Waals surface area contributed by atoms with Crippen molar-refractivity contribution < 1.29 is 18.0 Å². The topological polar surface area (TPSA) is 59.8 Å². The summed E-state index contributed by atoms with van der Waals surface area (Å²) in [5.74, 6) is -4.30. The average molecular weight is 356 g/mol. The van der Waals surface area contributed by atoms with Crippen LogP contribution in [0.3, 0.4) is 0 Å². The van der Waals surface area contributed by atoms with Gasteiger partial charge in [0, 0.05) is 6.54 Å². The maximum absolute atomic E-state index is 13.6. The summed E-state index contributed by atoms with van der Waals surface area (Å²) in [5, 5.41) is 9.98. The Morgan fingerprint density at radius 3 is 2.75 bits per heavy atom. The fraction of sp³-hybridized carbons (Fsp3) is 0.267. The van der Waals surface area contributed by atoms with Crippen molar-refractivity contribution in [3.63, 3.8) is 0 Å². The van der Waals surface area contributed by atoms with Crippen molar-refractivity contribution in [2.45, 2.75) is 30.8 Å². The van der Waals surface area contributed by atoms with Crippen LogP contribution in [0.4, 0.5) is 18.9 Å². The number of halogens is 3. The first-order valence-electron chi connectivity index (χ1n) is 6.96. The van der Waals surface area contributed by atoms with Crippen molar-refractivity contribution in [3.8, 4) is 0 Å². The Balaban J connectivity index is 2.11. The summed E-state index contributed by atoms with van der Waals surface area (Å²) in [6, 6.07) is 1.71. The summed E-state index contributed by atoms with van der Waals surface area (Å²) in [7, 11) is 0. The van der Waals surface area contributed by atoms with Crippen LogP contribution in [0.1, 0.15) is 12.7 Å². The Morgan fingerprint density at radius 1 is 1.38 bits per heavy atom. The van der Waals surface area contributed by atoms with Crippen molar-refractivity contribution in [2.75, 3.05) is 5.32 Å². The molecular weight excluding hydrogens is 341 g/mol. The van der Waals surface area contributed by atoms with Crippen LogP contribution in [0.25, 0.3) is 0 Å². The van der Waals surface area contributed by atoms with Crippen molar-refractivity contribution in [2.24, 2.45) is 0 Å². The van der Waals surface area contributed by atoms with Gasteiger partial charge in [-0.3, -0.25) is 4.79 Å². The lowest BCUT2D eigenvalue weighted by molar-refractivity contribution is -0.115. The van der Waals surface area contributed by atoms with Crippen LogP contribution < -0.4 is 5.32 Å². The monoisotopic (exact) mass is 356 g/mol. The van der Waals surface area contributed by atoms with Crippen LogP contribution in [0.5, 0.6) is 0 Å². The van der Waals surface area contributed by atoms with Gasteiger partial charge in [0.1, 0.15) is 5.82 Å². The van der Waals surface area contributed by atoms with Gasteiger partial charge in [0.15, 0.2) is 22.6 Å². The predicted molar refractivity (Wildman–Crippen MR) is 85.2 cm³/mol. The normalized spacial score (nSPS) is 12.0. The molecule has 1 N–H and O–H groups in total. The second-order valence-corrected chi connectivity index (χ2v) is 6.21. The smallest absolute Gasteiger partial charge is 0.237 e. The van der Waals surface area contributed by atoms with Gasteiger partial charge in [0.2, 0.25) is 5.91 Å². The molecule has 0 saturated heterocycles. The zero-order chi connectivity index (χ0) is 17.9. The molecule has 0 radical (unpaired) electrons. The number of allylic oxidation sites excluding steroid dienone is 1. The van der Waals surface area contributed by atoms with Crippen molar-refractivity contribution >= 4 is 23.4 Å². The zero-order valence-electron chi connectivity index (χ0n) is 13.0. The second-order valence-electron chi connectivity index (χ2n) is 4.90. The molecule has 9 heteroatoms. The number of carbonyl (C=O) groups is 1. The minimum atomic E-state index is -1.63. The van der Waals surface area contributed by atoms with Gasteiger partial charge in [-0.05, 0) is 26.0 Å². The first-order valence-corrected chi connectivity index (χ1v) is 7.84. The largest absolute Gasteiger partial charge is 0.323 e. The van der Waals surface area contributed by atoms with Gasteiger partial charge in [0.05, 0.1) is 10.9 Å². The number of nitrogens with zero attached hydrogens (tertiary/aromatic N) is 3. The van der Waals surface area contributed by atoms with E-state index in [0.29, 0.717) is 17.5 Å². The number of carbonyl (C=O) groups excluding carboxylic acids is 1. The van der Waals surface area contributed by atoms with Crippen molar-refractivity contribution in [1.82, 2.24) is 14.8 Å². The number of benzene rings is 1. The zero-order valence-corrected chi connectivity index (χ0v) is 13.8. The van der Waals surface area contributed by atoms with E-state index >= 15 is 0 Å². The summed E-state index contributed by atoms with van der Waals surface area (Å²) in [5.41, 5.74) is -0.421. The molecule has 0 aliphatic heterocycles. The highest BCUT2D eigenvalue weighted by molar-refractivity contribution is 8.00. The minimum Gasteiger partial charge on any atom is -0.323 e. The van der Waals surface area contributed by atoms with Crippen LogP contribution in [-0.2, 0) is 11.3 Å².